The Morgan fingerprint density at radius 1 is 1.00 bits per heavy atom. The minimum absolute atomic E-state index is 0.0888. The summed E-state index contributed by atoms with van der Waals surface area (Å²) < 4.78 is 21.6. The first kappa shape index (κ1) is 26.3. The molecule has 1 saturated heterocycles. The Morgan fingerprint density at radius 2 is 1.69 bits per heavy atom. The zero-order chi connectivity index (χ0) is 27.4. The molecule has 0 atom stereocenters. The Morgan fingerprint density at radius 3 is 2.44 bits per heavy atom. The summed E-state index contributed by atoms with van der Waals surface area (Å²) in [7, 11) is 0. The molecule has 1 aromatic heterocycles. The summed E-state index contributed by atoms with van der Waals surface area (Å²) in [6.45, 7) is 6.06. The van der Waals surface area contributed by atoms with Crippen molar-refractivity contribution in [3.8, 4) is 0 Å². The molecule has 0 saturated carbocycles. The number of carbonyl (C=O) groups is 2. The van der Waals surface area contributed by atoms with E-state index in [1.54, 1.807) is 32.0 Å². The van der Waals surface area contributed by atoms with E-state index in [2.05, 4.69) is 20.5 Å². The van der Waals surface area contributed by atoms with Gasteiger partial charge in [-0.3, -0.25) is 9.59 Å². The van der Waals surface area contributed by atoms with Crippen LogP contribution in [0.5, 0.6) is 0 Å². The minimum atomic E-state index is -1.32. The molecule has 0 bridgehead atoms. The zero-order valence-electron chi connectivity index (χ0n) is 22.0. The molecule has 1 aliphatic rings. The van der Waals surface area contributed by atoms with Crippen LogP contribution in [0, 0.1) is 5.82 Å². The lowest BCUT2D eigenvalue weighted by Crippen LogP contribution is -2.55. The molecule has 0 spiro atoms. The van der Waals surface area contributed by atoms with E-state index in [-0.39, 0.29) is 13.1 Å². The number of nitrogens with one attached hydrogen (secondary N) is 1. The standard InChI is InChI=1S/C29H31FN6O3/c1-29(2,28(38)31-22-11-13-23(14-12-22)34-15-17-39-18-16-34)35(19-21-7-3-4-8-24(21)30)27(37)20-36-26-10-6-5-9-25(26)32-33-36/h3-14H,15-20H2,1-2H3,(H,31,38). The van der Waals surface area contributed by atoms with Crippen LogP contribution in [0.3, 0.4) is 0 Å². The number of morpholine rings is 1. The number of fused-ring (bicyclic) bond motifs is 1. The van der Waals surface area contributed by atoms with Crippen LogP contribution in [0.15, 0.2) is 72.8 Å². The number of amides is 2. The van der Waals surface area contributed by atoms with Crippen LogP contribution in [-0.2, 0) is 27.4 Å². The van der Waals surface area contributed by atoms with Gasteiger partial charge in [-0.05, 0) is 56.3 Å². The van der Waals surface area contributed by atoms with Gasteiger partial charge in [0.05, 0.1) is 18.7 Å². The van der Waals surface area contributed by atoms with Crippen molar-refractivity contribution in [2.75, 3.05) is 36.5 Å². The van der Waals surface area contributed by atoms with Crippen LogP contribution >= 0.6 is 0 Å². The summed E-state index contributed by atoms with van der Waals surface area (Å²) in [6.07, 6.45) is 0. The number of para-hydroxylation sites is 1. The van der Waals surface area contributed by atoms with Gasteiger partial charge in [0.2, 0.25) is 11.8 Å². The van der Waals surface area contributed by atoms with Crippen molar-refractivity contribution in [3.05, 3.63) is 84.2 Å². The van der Waals surface area contributed by atoms with Gasteiger partial charge in [0.15, 0.2) is 0 Å². The Labute approximate surface area is 226 Å². The molecule has 39 heavy (non-hydrogen) atoms. The summed E-state index contributed by atoms with van der Waals surface area (Å²) in [5, 5.41) is 11.2. The van der Waals surface area contributed by atoms with Crippen LogP contribution in [0.4, 0.5) is 15.8 Å². The SMILES string of the molecule is CC(C)(C(=O)Nc1ccc(N2CCOCC2)cc1)N(Cc1ccccc1F)C(=O)Cn1nnc2ccccc21. The fourth-order valence-electron chi connectivity index (χ4n) is 4.63. The highest BCUT2D eigenvalue weighted by atomic mass is 19.1. The Hall–Kier alpha value is -4.31. The molecule has 10 heteroatoms. The molecule has 1 N–H and O–H groups in total. The van der Waals surface area contributed by atoms with Gasteiger partial charge in [0.25, 0.3) is 0 Å². The number of benzene rings is 3. The first-order chi connectivity index (χ1) is 18.8. The topological polar surface area (TPSA) is 92.6 Å². The summed E-state index contributed by atoms with van der Waals surface area (Å²) in [5.74, 6) is -1.23. The maximum atomic E-state index is 14.6. The van der Waals surface area contributed by atoms with E-state index in [0.29, 0.717) is 35.5 Å². The average molecular weight is 531 g/mol. The third kappa shape index (κ3) is 5.75. The van der Waals surface area contributed by atoms with Crippen molar-refractivity contribution in [2.24, 2.45) is 0 Å². The molecule has 2 heterocycles. The van der Waals surface area contributed by atoms with Crippen molar-refractivity contribution in [2.45, 2.75) is 32.5 Å². The predicted molar refractivity (Wildman–Crippen MR) is 147 cm³/mol. The monoisotopic (exact) mass is 530 g/mol. The molecule has 1 fully saturated rings. The van der Waals surface area contributed by atoms with Gasteiger partial charge < -0.3 is 19.9 Å². The molecule has 3 aromatic carbocycles. The molecule has 2 amide bonds. The average Bonchev–Trinajstić information content (AvgIpc) is 3.36. The van der Waals surface area contributed by atoms with Crippen molar-refractivity contribution in [1.29, 1.82) is 0 Å². The Kier molecular flexibility index (Phi) is 7.56. The number of aromatic nitrogens is 3. The van der Waals surface area contributed by atoms with Gasteiger partial charge in [-0.2, -0.15) is 0 Å². The molecule has 202 valence electrons. The van der Waals surface area contributed by atoms with E-state index in [0.717, 1.165) is 18.8 Å². The number of rotatable bonds is 8. The number of carbonyl (C=O) groups excluding carboxylic acids is 2. The van der Waals surface area contributed by atoms with E-state index in [9.17, 15) is 14.0 Å². The van der Waals surface area contributed by atoms with E-state index in [1.165, 1.54) is 15.6 Å². The largest absolute Gasteiger partial charge is 0.378 e. The van der Waals surface area contributed by atoms with Gasteiger partial charge in [0.1, 0.15) is 23.4 Å². The van der Waals surface area contributed by atoms with Crippen molar-refractivity contribution in [1.82, 2.24) is 19.9 Å². The highest BCUT2D eigenvalue weighted by molar-refractivity contribution is 6.00. The second-order valence-electron chi connectivity index (χ2n) is 9.97. The summed E-state index contributed by atoms with van der Waals surface area (Å²) in [4.78, 5) is 30.9. The van der Waals surface area contributed by atoms with Gasteiger partial charge >= 0.3 is 0 Å². The lowest BCUT2D eigenvalue weighted by Gasteiger charge is -2.37. The highest BCUT2D eigenvalue weighted by Crippen LogP contribution is 2.25. The van der Waals surface area contributed by atoms with Crippen molar-refractivity contribution >= 4 is 34.2 Å². The highest BCUT2D eigenvalue weighted by Gasteiger charge is 2.38. The first-order valence-corrected chi connectivity index (χ1v) is 12.9. The third-order valence-electron chi connectivity index (χ3n) is 7.02. The number of nitrogens with zero attached hydrogens (tertiary/aromatic N) is 5. The maximum Gasteiger partial charge on any atom is 0.249 e. The van der Waals surface area contributed by atoms with E-state index >= 15 is 0 Å². The van der Waals surface area contributed by atoms with Crippen LogP contribution < -0.4 is 10.2 Å². The van der Waals surface area contributed by atoms with Gasteiger partial charge in [0, 0.05) is 36.6 Å². The van der Waals surface area contributed by atoms with Crippen LogP contribution in [0.25, 0.3) is 11.0 Å². The maximum absolute atomic E-state index is 14.6. The molecular weight excluding hydrogens is 499 g/mol. The summed E-state index contributed by atoms with van der Waals surface area (Å²) in [6, 6.07) is 21.1. The lowest BCUT2D eigenvalue weighted by atomic mass is 9.99. The van der Waals surface area contributed by atoms with Crippen LogP contribution in [0.2, 0.25) is 0 Å². The van der Waals surface area contributed by atoms with Gasteiger partial charge in [-0.15, -0.1) is 5.10 Å². The van der Waals surface area contributed by atoms with E-state index in [1.807, 2.05) is 48.5 Å². The Bertz CT molecular complexity index is 1460. The van der Waals surface area contributed by atoms with Crippen LogP contribution in [0.1, 0.15) is 19.4 Å². The number of hydrogen-bond acceptors (Lipinski definition) is 6. The molecule has 9 nitrogen and oxygen atoms in total. The smallest absolute Gasteiger partial charge is 0.249 e. The number of anilines is 2. The molecule has 1 aliphatic heterocycles. The minimum Gasteiger partial charge on any atom is -0.378 e. The molecule has 0 aliphatic carbocycles. The van der Waals surface area contributed by atoms with Gasteiger partial charge in [-0.25, -0.2) is 9.07 Å². The molecule has 4 aromatic rings. The second-order valence-corrected chi connectivity index (χ2v) is 9.97. The van der Waals surface area contributed by atoms with Crippen LogP contribution in [-0.4, -0.2) is 63.6 Å². The number of ether oxygens (including phenoxy) is 1. The quantitative estimate of drug-likeness (QED) is 0.372. The Balaban J connectivity index is 1.37. The second kappa shape index (κ2) is 11.2. The molecule has 0 radical (unpaired) electrons. The summed E-state index contributed by atoms with van der Waals surface area (Å²) in [5.41, 5.74) is 1.99. The third-order valence-corrected chi connectivity index (χ3v) is 7.02. The fraction of sp³-hybridized carbons (Fsp3) is 0.310. The number of hydrogen-bond donors (Lipinski definition) is 1. The number of halogens is 1. The van der Waals surface area contributed by atoms with Crippen molar-refractivity contribution < 1.29 is 18.7 Å². The van der Waals surface area contributed by atoms with Gasteiger partial charge in [-0.1, -0.05) is 35.5 Å². The van der Waals surface area contributed by atoms with Crippen molar-refractivity contribution in [3.63, 3.8) is 0 Å². The zero-order valence-corrected chi connectivity index (χ0v) is 22.0. The first-order valence-electron chi connectivity index (χ1n) is 12.9. The predicted octanol–water partition coefficient (Wildman–Crippen LogP) is 3.85. The molecule has 0 unspecified atom stereocenters. The van der Waals surface area contributed by atoms with E-state index < -0.39 is 23.2 Å². The fourth-order valence-corrected chi connectivity index (χ4v) is 4.63. The lowest BCUT2D eigenvalue weighted by molar-refractivity contribution is -0.145. The van der Waals surface area contributed by atoms with E-state index in [4.69, 9.17) is 4.74 Å². The normalized spacial score (nSPS) is 13.9. The molecule has 5 rings (SSSR count). The summed E-state index contributed by atoms with van der Waals surface area (Å²) >= 11 is 0. The molecular formula is C29H31FN6O3.